The number of H-pyrrole nitrogens is 1. The lowest BCUT2D eigenvalue weighted by atomic mass is 10.2. The molecule has 1 fully saturated rings. The summed E-state index contributed by atoms with van der Waals surface area (Å²) in [5.74, 6) is -2.80. The third-order valence-corrected chi connectivity index (χ3v) is 4.46. The molecule has 0 bridgehead atoms. The Bertz CT molecular complexity index is 1010. The number of hydrogen-bond acceptors (Lipinski definition) is 6. The zero-order chi connectivity index (χ0) is 22.8. The molecule has 1 aromatic carbocycles. The third-order valence-electron chi connectivity index (χ3n) is 4.22. The first-order valence-corrected chi connectivity index (χ1v) is 9.69. The van der Waals surface area contributed by atoms with Gasteiger partial charge in [-0.3, -0.25) is 14.5 Å². The number of carboxylic acids is 2. The van der Waals surface area contributed by atoms with Gasteiger partial charge in [0.25, 0.3) is 5.91 Å². The van der Waals surface area contributed by atoms with Crippen molar-refractivity contribution in [3.63, 3.8) is 0 Å². The Morgan fingerprint density at radius 3 is 2.39 bits per heavy atom. The number of benzene rings is 1. The number of carboxylic acid groups (broad SMARTS) is 2. The standard InChI is InChI=1S/C16H18ClN3O3.C4H4O4/c17-11-1-2-13-12(9-11)15(21)10-14(19-13)16(22)18-3-4-20-5-7-23-8-6-20;5-3(6)1-2-4(7)8/h1-2,9-10H,3-8H2,(H,18,22)(H,19,21);1-2H,(H,5,6)(H,7,8)/b;2-1-. The van der Waals surface area contributed by atoms with Crippen molar-refractivity contribution in [2.24, 2.45) is 0 Å². The molecule has 1 aromatic heterocycles. The van der Waals surface area contributed by atoms with Crippen LogP contribution in [0, 0.1) is 0 Å². The van der Waals surface area contributed by atoms with Crippen LogP contribution in [0.25, 0.3) is 10.9 Å². The molecule has 2 aromatic rings. The van der Waals surface area contributed by atoms with Gasteiger partial charge in [0.05, 0.1) is 13.2 Å². The highest BCUT2D eigenvalue weighted by molar-refractivity contribution is 6.31. The molecular weight excluding hydrogens is 430 g/mol. The first-order valence-electron chi connectivity index (χ1n) is 9.31. The maximum atomic E-state index is 12.2. The number of carbonyl (C=O) groups is 3. The summed E-state index contributed by atoms with van der Waals surface area (Å²) in [6.07, 6.45) is 1.12. The van der Waals surface area contributed by atoms with E-state index in [1.165, 1.54) is 6.07 Å². The Labute approximate surface area is 182 Å². The second-order valence-corrected chi connectivity index (χ2v) is 6.89. The van der Waals surface area contributed by atoms with E-state index in [9.17, 15) is 19.2 Å². The van der Waals surface area contributed by atoms with Crippen LogP contribution in [0.5, 0.6) is 0 Å². The van der Waals surface area contributed by atoms with Gasteiger partial charge in [-0.15, -0.1) is 0 Å². The smallest absolute Gasteiger partial charge is 0.328 e. The fourth-order valence-electron chi connectivity index (χ4n) is 2.73. The molecule has 1 aliphatic heterocycles. The number of aromatic nitrogens is 1. The van der Waals surface area contributed by atoms with E-state index in [1.54, 1.807) is 18.2 Å². The van der Waals surface area contributed by atoms with Gasteiger partial charge in [0.15, 0.2) is 5.43 Å². The largest absolute Gasteiger partial charge is 0.478 e. The van der Waals surface area contributed by atoms with Crippen molar-refractivity contribution in [2.45, 2.75) is 0 Å². The average molecular weight is 452 g/mol. The molecule has 0 unspecified atom stereocenters. The van der Waals surface area contributed by atoms with Gasteiger partial charge in [-0.05, 0) is 18.2 Å². The minimum Gasteiger partial charge on any atom is -0.478 e. The fourth-order valence-corrected chi connectivity index (χ4v) is 2.90. The van der Waals surface area contributed by atoms with Gasteiger partial charge in [0.1, 0.15) is 5.69 Å². The lowest BCUT2D eigenvalue weighted by Gasteiger charge is -2.26. The number of aromatic amines is 1. The van der Waals surface area contributed by atoms with Crippen molar-refractivity contribution < 1.29 is 29.3 Å². The van der Waals surface area contributed by atoms with Crippen LogP contribution in [0.3, 0.4) is 0 Å². The molecule has 1 aliphatic rings. The number of nitrogens with one attached hydrogen (secondary N) is 2. The Hall–Kier alpha value is -3.21. The first-order chi connectivity index (χ1) is 14.8. The van der Waals surface area contributed by atoms with Gasteiger partial charge in [-0.1, -0.05) is 11.6 Å². The van der Waals surface area contributed by atoms with Gasteiger partial charge in [0.2, 0.25) is 0 Å². The highest BCUT2D eigenvalue weighted by Crippen LogP contribution is 2.15. The molecule has 1 saturated heterocycles. The number of aliphatic carboxylic acids is 2. The Kier molecular flexibility index (Phi) is 9.19. The number of amides is 1. The van der Waals surface area contributed by atoms with Crippen molar-refractivity contribution >= 4 is 40.3 Å². The number of fused-ring (bicyclic) bond motifs is 1. The van der Waals surface area contributed by atoms with E-state index in [2.05, 4.69) is 15.2 Å². The minimum absolute atomic E-state index is 0.223. The lowest BCUT2D eigenvalue weighted by Crippen LogP contribution is -2.41. The summed E-state index contributed by atoms with van der Waals surface area (Å²) >= 11 is 5.89. The van der Waals surface area contributed by atoms with Crippen molar-refractivity contribution in [2.75, 3.05) is 39.4 Å². The molecule has 11 heteroatoms. The van der Waals surface area contributed by atoms with Gasteiger partial charge < -0.3 is 25.3 Å². The topological polar surface area (TPSA) is 149 Å². The summed E-state index contributed by atoms with van der Waals surface area (Å²) in [6.45, 7) is 4.51. The van der Waals surface area contributed by atoms with Gasteiger partial charge in [0, 0.05) is 60.3 Å². The summed E-state index contributed by atoms with van der Waals surface area (Å²) in [5, 5.41) is 19.4. The van der Waals surface area contributed by atoms with E-state index in [1.807, 2.05) is 0 Å². The number of morpholine rings is 1. The van der Waals surface area contributed by atoms with Crippen LogP contribution in [0.1, 0.15) is 10.5 Å². The number of carbonyl (C=O) groups excluding carboxylic acids is 1. The number of halogens is 1. The third kappa shape index (κ3) is 8.21. The molecule has 4 N–H and O–H groups in total. The second kappa shape index (κ2) is 11.8. The highest BCUT2D eigenvalue weighted by Gasteiger charge is 2.12. The zero-order valence-corrected chi connectivity index (χ0v) is 17.2. The predicted molar refractivity (Wildman–Crippen MR) is 114 cm³/mol. The average Bonchev–Trinajstić information content (AvgIpc) is 2.74. The molecule has 0 atom stereocenters. The fraction of sp³-hybridized carbons (Fsp3) is 0.300. The SMILES string of the molecule is O=C(NCCN1CCOCC1)c1cc(=O)c2cc(Cl)ccc2[nH]1.O=C(O)/C=C\C(=O)O. The number of hydrogen-bond donors (Lipinski definition) is 4. The van der Waals surface area contributed by atoms with E-state index in [0.29, 0.717) is 34.6 Å². The summed E-state index contributed by atoms with van der Waals surface area (Å²) in [5.41, 5.74) is 0.631. The summed E-state index contributed by atoms with van der Waals surface area (Å²) < 4.78 is 5.28. The summed E-state index contributed by atoms with van der Waals surface area (Å²) in [7, 11) is 0. The van der Waals surface area contributed by atoms with Gasteiger partial charge >= 0.3 is 11.9 Å². The van der Waals surface area contributed by atoms with E-state index in [-0.39, 0.29) is 17.0 Å². The number of pyridine rings is 1. The van der Waals surface area contributed by atoms with Crippen LogP contribution in [0.4, 0.5) is 0 Å². The van der Waals surface area contributed by atoms with Crippen LogP contribution in [-0.2, 0) is 14.3 Å². The maximum Gasteiger partial charge on any atom is 0.328 e. The number of ether oxygens (including phenoxy) is 1. The van der Waals surface area contributed by atoms with E-state index in [0.717, 1.165) is 32.8 Å². The quantitative estimate of drug-likeness (QED) is 0.474. The normalized spacial score (nSPS) is 14.1. The lowest BCUT2D eigenvalue weighted by molar-refractivity contribution is -0.134. The molecule has 2 heterocycles. The van der Waals surface area contributed by atoms with Crippen LogP contribution < -0.4 is 10.7 Å². The Morgan fingerprint density at radius 1 is 1.13 bits per heavy atom. The van der Waals surface area contributed by atoms with Crippen molar-refractivity contribution in [1.29, 1.82) is 0 Å². The number of nitrogens with zero attached hydrogens (tertiary/aromatic N) is 1. The zero-order valence-electron chi connectivity index (χ0n) is 16.5. The Morgan fingerprint density at radius 2 is 1.77 bits per heavy atom. The van der Waals surface area contributed by atoms with Crippen LogP contribution >= 0.6 is 11.6 Å². The van der Waals surface area contributed by atoms with E-state index < -0.39 is 11.9 Å². The second-order valence-electron chi connectivity index (χ2n) is 6.46. The maximum absolute atomic E-state index is 12.2. The van der Waals surface area contributed by atoms with Gasteiger partial charge in [-0.2, -0.15) is 0 Å². The van der Waals surface area contributed by atoms with Crippen molar-refractivity contribution in [3.8, 4) is 0 Å². The monoisotopic (exact) mass is 451 g/mol. The number of rotatable bonds is 6. The predicted octanol–water partition coefficient (Wildman–Crippen LogP) is 0.955. The molecule has 3 rings (SSSR count). The molecule has 0 aliphatic carbocycles. The molecule has 0 saturated carbocycles. The molecule has 166 valence electrons. The summed E-state index contributed by atoms with van der Waals surface area (Å²) in [4.78, 5) is 48.6. The molecule has 31 heavy (non-hydrogen) atoms. The highest BCUT2D eigenvalue weighted by atomic mass is 35.5. The van der Waals surface area contributed by atoms with Crippen LogP contribution in [-0.4, -0.2) is 77.3 Å². The van der Waals surface area contributed by atoms with Crippen LogP contribution in [0.15, 0.2) is 41.2 Å². The summed E-state index contributed by atoms with van der Waals surface area (Å²) in [6, 6.07) is 6.28. The van der Waals surface area contributed by atoms with Crippen molar-refractivity contribution in [1.82, 2.24) is 15.2 Å². The molecule has 0 spiro atoms. The Balaban J connectivity index is 0.000000366. The molecule has 0 radical (unpaired) electrons. The first kappa shape index (κ1) is 24.1. The molecule has 1 amide bonds. The molecule has 10 nitrogen and oxygen atoms in total. The minimum atomic E-state index is -1.26. The van der Waals surface area contributed by atoms with Crippen molar-refractivity contribution in [3.05, 3.63) is 57.4 Å². The van der Waals surface area contributed by atoms with Crippen LogP contribution in [0.2, 0.25) is 5.02 Å². The van der Waals surface area contributed by atoms with E-state index in [4.69, 9.17) is 26.6 Å². The van der Waals surface area contributed by atoms with E-state index >= 15 is 0 Å². The molecular formula is C20H22ClN3O7. The van der Waals surface area contributed by atoms with Gasteiger partial charge in [-0.25, -0.2) is 9.59 Å².